The van der Waals surface area contributed by atoms with Crippen molar-refractivity contribution in [3.8, 4) is 0 Å². The van der Waals surface area contributed by atoms with Gasteiger partial charge in [0.1, 0.15) is 5.84 Å². The Hall–Kier alpha value is -0.570. The summed E-state index contributed by atoms with van der Waals surface area (Å²) in [6, 6.07) is 0.503. The smallest absolute Gasteiger partial charge is 0.111 e. The topological polar surface area (TPSA) is 50.4 Å². The van der Waals surface area contributed by atoms with Gasteiger partial charge in [-0.3, -0.25) is 4.99 Å². The maximum atomic E-state index is 5.58. The molecule has 17 heavy (non-hydrogen) atoms. The Morgan fingerprint density at radius 2 is 1.76 bits per heavy atom. The molecule has 0 amide bonds. The van der Waals surface area contributed by atoms with E-state index >= 15 is 0 Å². The number of hydrogen-bond acceptors (Lipinski definition) is 2. The lowest BCUT2D eigenvalue weighted by Crippen LogP contribution is -2.32. The highest BCUT2D eigenvalue weighted by Gasteiger charge is 2.14. The molecule has 0 bridgehead atoms. The molecule has 0 radical (unpaired) electrons. The van der Waals surface area contributed by atoms with Crippen molar-refractivity contribution < 1.29 is 0 Å². The van der Waals surface area contributed by atoms with E-state index < -0.39 is 0 Å². The standard InChI is InChI=1S/C14H29N3/c1-14(2,3)11-10-13(17-15)16-12-8-6-4-5-7-9-12/h12H,4-11,15H2,1-3H3,(H,16,17). The van der Waals surface area contributed by atoms with E-state index in [0.29, 0.717) is 11.5 Å². The Bertz CT molecular complexity index is 232. The maximum absolute atomic E-state index is 5.58. The van der Waals surface area contributed by atoms with Crippen LogP contribution in [0.5, 0.6) is 0 Å². The van der Waals surface area contributed by atoms with Crippen LogP contribution < -0.4 is 11.3 Å². The Morgan fingerprint density at radius 3 is 2.24 bits per heavy atom. The second-order valence-corrected chi connectivity index (χ2v) is 6.43. The summed E-state index contributed by atoms with van der Waals surface area (Å²) in [5.41, 5.74) is 3.14. The molecule has 1 aliphatic rings. The lowest BCUT2D eigenvalue weighted by atomic mass is 9.90. The first-order chi connectivity index (χ1) is 8.01. The third-order valence-corrected chi connectivity index (χ3v) is 3.44. The third kappa shape index (κ3) is 6.67. The van der Waals surface area contributed by atoms with Crippen LogP contribution >= 0.6 is 0 Å². The monoisotopic (exact) mass is 239 g/mol. The van der Waals surface area contributed by atoms with Gasteiger partial charge in [-0.25, -0.2) is 5.84 Å². The van der Waals surface area contributed by atoms with Crippen molar-refractivity contribution >= 4 is 5.84 Å². The average Bonchev–Trinajstić information content (AvgIpc) is 2.51. The van der Waals surface area contributed by atoms with E-state index in [9.17, 15) is 0 Å². The number of hydrogen-bond donors (Lipinski definition) is 2. The Morgan fingerprint density at radius 1 is 1.18 bits per heavy atom. The minimum Gasteiger partial charge on any atom is -0.312 e. The summed E-state index contributed by atoms with van der Waals surface area (Å²) >= 11 is 0. The summed E-state index contributed by atoms with van der Waals surface area (Å²) in [7, 11) is 0. The van der Waals surface area contributed by atoms with Gasteiger partial charge < -0.3 is 5.43 Å². The van der Waals surface area contributed by atoms with Crippen LogP contribution in [-0.2, 0) is 0 Å². The van der Waals surface area contributed by atoms with Gasteiger partial charge in [-0.05, 0) is 24.7 Å². The molecule has 0 atom stereocenters. The molecule has 1 rings (SSSR count). The molecular weight excluding hydrogens is 210 g/mol. The van der Waals surface area contributed by atoms with Gasteiger partial charge in [0.05, 0.1) is 6.04 Å². The zero-order chi connectivity index (χ0) is 12.7. The lowest BCUT2D eigenvalue weighted by Gasteiger charge is -2.19. The third-order valence-electron chi connectivity index (χ3n) is 3.44. The average molecular weight is 239 g/mol. The summed E-state index contributed by atoms with van der Waals surface area (Å²) in [4.78, 5) is 4.80. The minimum atomic E-state index is 0.348. The highest BCUT2D eigenvalue weighted by atomic mass is 15.3. The SMILES string of the molecule is CC(C)(C)CCC(=NC1CCCCCC1)NN. The van der Waals surface area contributed by atoms with Crippen molar-refractivity contribution in [3.63, 3.8) is 0 Å². The van der Waals surface area contributed by atoms with Crippen LogP contribution in [0.15, 0.2) is 4.99 Å². The first kappa shape index (κ1) is 14.5. The predicted molar refractivity (Wildman–Crippen MR) is 74.9 cm³/mol. The number of nitrogens with zero attached hydrogens (tertiary/aromatic N) is 1. The number of amidine groups is 1. The summed E-state index contributed by atoms with van der Waals surface area (Å²) in [6.45, 7) is 6.77. The molecule has 3 heteroatoms. The molecule has 0 unspecified atom stereocenters. The van der Waals surface area contributed by atoms with Crippen molar-refractivity contribution in [2.45, 2.75) is 78.2 Å². The fourth-order valence-corrected chi connectivity index (χ4v) is 2.27. The molecule has 0 saturated heterocycles. The van der Waals surface area contributed by atoms with Crippen LogP contribution in [0, 0.1) is 5.41 Å². The number of nitrogens with two attached hydrogens (primary N) is 1. The van der Waals surface area contributed by atoms with Gasteiger partial charge in [0.2, 0.25) is 0 Å². The molecule has 0 aromatic rings. The van der Waals surface area contributed by atoms with Gasteiger partial charge in [0, 0.05) is 6.42 Å². The molecule has 0 aliphatic heterocycles. The van der Waals surface area contributed by atoms with Gasteiger partial charge in [0.25, 0.3) is 0 Å². The van der Waals surface area contributed by atoms with E-state index in [-0.39, 0.29) is 0 Å². The normalized spacial score (nSPS) is 20.1. The van der Waals surface area contributed by atoms with Crippen molar-refractivity contribution in [3.05, 3.63) is 0 Å². The molecule has 0 spiro atoms. The van der Waals surface area contributed by atoms with Gasteiger partial charge in [-0.2, -0.15) is 0 Å². The first-order valence-corrected chi connectivity index (χ1v) is 7.04. The zero-order valence-electron chi connectivity index (χ0n) is 11.8. The van der Waals surface area contributed by atoms with Crippen LogP contribution in [0.3, 0.4) is 0 Å². The number of hydrazine groups is 1. The number of rotatable bonds is 3. The summed E-state index contributed by atoms with van der Waals surface area (Å²) in [5, 5.41) is 0. The van der Waals surface area contributed by atoms with Crippen LogP contribution in [0.4, 0.5) is 0 Å². The fraction of sp³-hybridized carbons (Fsp3) is 0.929. The van der Waals surface area contributed by atoms with E-state index in [1.54, 1.807) is 0 Å². The molecule has 1 aliphatic carbocycles. The second-order valence-electron chi connectivity index (χ2n) is 6.43. The highest BCUT2D eigenvalue weighted by Crippen LogP contribution is 2.22. The van der Waals surface area contributed by atoms with E-state index in [4.69, 9.17) is 10.8 Å². The minimum absolute atomic E-state index is 0.348. The van der Waals surface area contributed by atoms with Crippen LogP contribution in [0.1, 0.15) is 72.1 Å². The Balaban J connectivity index is 2.46. The summed E-state index contributed by atoms with van der Waals surface area (Å²) in [6.07, 6.45) is 9.97. The van der Waals surface area contributed by atoms with Gasteiger partial charge >= 0.3 is 0 Å². The summed E-state index contributed by atoms with van der Waals surface area (Å²) < 4.78 is 0. The maximum Gasteiger partial charge on any atom is 0.111 e. The molecule has 1 fully saturated rings. The van der Waals surface area contributed by atoms with E-state index in [1.807, 2.05) is 0 Å². The molecule has 0 aromatic heterocycles. The lowest BCUT2D eigenvalue weighted by molar-refractivity contribution is 0.384. The predicted octanol–water partition coefficient (Wildman–Crippen LogP) is 3.40. The van der Waals surface area contributed by atoms with Crippen molar-refractivity contribution in [1.29, 1.82) is 0 Å². The number of aliphatic imine (C=N–C) groups is 1. The van der Waals surface area contributed by atoms with Gasteiger partial charge in [0.15, 0.2) is 0 Å². The van der Waals surface area contributed by atoms with E-state index in [2.05, 4.69) is 26.2 Å². The molecule has 0 heterocycles. The van der Waals surface area contributed by atoms with E-state index in [1.165, 1.54) is 38.5 Å². The van der Waals surface area contributed by atoms with Crippen LogP contribution in [0.25, 0.3) is 0 Å². The van der Waals surface area contributed by atoms with Gasteiger partial charge in [-0.1, -0.05) is 46.5 Å². The number of nitrogens with one attached hydrogen (secondary N) is 1. The summed E-state index contributed by atoms with van der Waals surface area (Å²) in [5.74, 6) is 6.57. The highest BCUT2D eigenvalue weighted by molar-refractivity contribution is 5.81. The molecular formula is C14H29N3. The van der Waals surface area contributed by atoms with Crippen LogP contribution in [0.2, 0.25) is 0 Å². The van der Waals surface area contributed by atoms with Gasteiger partial charge in [-0.15, -0.1) is 0 Å². The van der Waals surface area contributed by atoms with Crippen molar-refractivity contribution in [2.24, 2.45) is 16.3 Å². The second kappa shape index (κ2) is 7.00. The quantitative estimate of drug-likeness (QED) is 0.261. The fourth-order valence-electron chi connectivity index (χ4n) is 2.27. The molecule has 0 aromatic carbocycles. The zero-order valence-corrected chi connectivity index (χ0v) is 11.8. The van der Waals surface area contributed by atoms with Crippen molar-refractivity contribution in [1.82, 2.24) is 5.43 Å². The Labute approximate surface area is 106 Å². The molecule has 100 valence electrons. The van der Waals surface area contributed by atoms with Crippen molar-refractivity contribution in [2.75, 3.05) is 0 Å². The first-order valence-electron chi connectivity index (χ1n) is 7.04. The molecule has 3 nitrogen and oxygen atoms in total. The van der Waals surface area contributed by atoms with Crippen LogP contribution in [-0.4, -0.2) is 11.9 Å². The molecule has 3 N–H and O–H groups in total. The largest absolute Gasteiger partial charge is 0.312 e. The molecule has 1 saturated carbocycles. The van der Waals surface area contributed by atoms with E-state index in [0.717, 1.165) is 18.7 Å². The Kier molecular flexibility index (Phi) is 5.96.